The van der Waals surface area contributed by atoms with Gasteiger partial charge in [-0.05, 0) is 43.0 Å². The summed E-state index contributed by atoms with van der Waals surface area (Å²) in [5.74, 6) is 0.0617. The van der Waals surface area contributed by atoms with Crippen LogP contribution in [0.4, 0.5) is 0 Å². The molecule has 2 amide bonds. The first-order valence-corrected chi connectivity index (χ1v) is 8.33. The molecule has 0 bridgehead atoms. The summed E-state index contributed by atoms with van der Waals surface area (Å²) in [7, 11) is 0. The minimum absolute atomic E-state index is 0.0838. The molecule has 0 aliphatic carbocycles. The Labute approximate surface area is 141 Å². The molecule has 5 nitrogen and oxygen atoms in total. The Morgan fingerprint density at radius 2 is 2.08 bits per heavy atom. The predicted molar refractivity (Wildman–Crippen MR) is 90.5 cm³/mol. The van der Waals surface area contributed by atoms with E-state index >= 15 is 0 Å². The highest BCUT2D eigenvalue weighted by molar-refractivity contribution is 5.91. The van der Waals surface area contributed by atoms with E-state index in [2.05, 4.69) is 24.4 Å². The topological polar surface area (TPSA) is 62.6 Å². The number of likely N-dealkylation sites (tertiary alicyclic amines) is 1. The van der Waals surface area contributed by atoms with Crippen LogP contribution in [0.15, 0.2) is 47.1 Å². The first-order valence-electron chi connectivity index (χ1n) is 8.33. The quantitative estimate of drug-likeness (QED) is 0.918. The second-order valence-electron chi connectivity index (χ2n) is 6.08. The molecule has 1 saturated heterocycles. The lowest BCUT2D eigenvalue weighted by atomic mass is 9.99. The lowest BCUT2D eigenvalue weighted by molar-refractivity contribution is -0.132. The number of nitrogens with one attached hydrogen (secondary N) is 1. The number of hydrogen-bond acceptors (Lipinski definition) is 3. The Kier molecular flexibility index (Phi) is 4.99. The van der Waals surface area contributed by atoms with Gasteiger partial charge in [0.05, 0.1) is 12.3 Å². The number of carbonyl (C=O) groups is 2. The van der Waals surface area contributed by atoms with Crippen LogP contribution in [0.1, 0.15) is 47.0 Å². The summed E-state index contributed by atoms with van der Waals surface area (Å²) >= 11 is 0. The molecule has 1 aromatic heterocycles. The van der Waals surface area contributed by atoms with Gasteiger partial charge in [0.2, 0.25) is 5.91 Å². The van der Waals surface area contributed by atoms with Crippen molar-refractivity contribution in [2.24, 2.45) is 0 Å². The van der Waals surface area contributed by atoms with Gasteiger partial charge in [-0.15, -0.1) is 0 Å². The third kappa shape index (κ3) is 3.50. The minimum Gasteiger partial charge on any atom is -0.459 e. The van der Waals surface area contributed by atoms with Crippen LogP contribution in [0.3, 0.4) is 0 Å². The molecule has 2 heterocycles. The fourth-order valence-corrected chi connectivity index (χ4v) is 3.27. The SMILES string of the molecule is Cc1ccccc1C1CCCN1C(=O)CCNC(=O)c1ccco1. The summed E-state index contributed by atoms with van der Waals surface area (Å²) in [6.45, 7) is 3.18. The van der Waals surface area contributed by atoms with E-state index in [4.69, 9.17) is 4.42 Å². The van der Waals surface area contributed by atoms with Gasteiger partial charge in [0.25, 0.3) is 5.91 Å². The number of aryl methyl sites for hydroxylation is 1. The Morgan fingerprint density at radius 3 is 2.83 bits per heavy atom. The van der Waals surface area contributed by atoms with E-state index in [0.29, 0.717) is 13.0 Å². The van der Waals surface area contributed by atoms with E-state index in [1.54, 1.807) is 12.1 Å². The molecule has 3 rings (SSSR count). The number of benzene rings is 1. The highest BCUT2D eigenvalue weighted by atomic mass is 16.3. The van der Waals surface area contributed by atoms with Crippen molar-refractivity contribution in [2.45, 2.75) is 32.2 Å². The maximum absolute atomic E-state index is 12.6. The standard InChI is InChI=1S/C19H22N2O3/c1-14-6-2-3-7-15(14)16-8-4-12-21(16)18(22)10-11-20-19(23)17-9-5-13-24-17/h2-3,5-7,9,13,16H,4,8,10-12H2,1H3,(H,20,23). The van der Waals surface area contributed by atoms with Crippen LogP contribution >= 0.6 is 0 Å². The highest BCUT2D eigenvalue weighted by Gasteiger charge is 2.30. The maximum atomic E-state index is 12.6. The summed E-state index contributed by atoms with van der Waals surface area (Å²) in [5, 5.41) is 2.73. The second kappa shape index (κ2) is 7.34. The van der Waals surface area contributed by atoms with Gasteiger partial charge in [0, 0.05) is 19.5 Å². The van der Waals surface area contributed by atoms with Gasteiger partial charge in [0.1, 0.15) is 0 Å². The molecule has 1 unspecified atom stereocenters. The van der Waals surface area contributed by atoms with Crippen LogP contribution < -0.4 is 5.32 Å². The van der Waals surface area contributed by atoms with Gasteiger partial charge in [0.15, 0.2) is 5.76 Å². The van der Waals surface area contributed by atoms with Crippen LogP contribution in [0.25, 0.3) is 0 Å². The molecule has 0 radical (unpaired) electrons. The van der Waals surface area contributed by atoms with E-state index in [-0.39, 0.29) is 23.6 Å². The third-order valence-electron chi connectivity index (χ3n) is 4.49. The van der Waals surface area contributed by atoms with Crippen molar-refractivity contribution < 1.29 is 14.0 Å². The molecule has 0 spiro atoms. The molecule has 1 aromatic carbocycles. The third-order valence-corrected chi connectivity index (χ3v) is 4.49. The zero-order valence-corrected chi connectivity index (χ0v) is 13.8. The van der Waals surface area contributed by atoms with Crippen LogP contribution in [-0.2, 0) is 4.79 Å². The van der Waals surface area contributed by atoms with Gasteiger partial charge in [-0.25, -0.2) is 0 Å². The van der Waals surface area contributed by atoms with Gasteiger partial charge in [-0.3, -0.25) is 9.59 Å². The first-order chi connectivity index (χ1) is 11.7. The number of hydrogen-bond donors (Lipinski definition) is 1. The Morgan fingerprint density at radius 1 is 1.25 bits per heavy atom. The highest BCUT2D eigenvalue weighted by Crippen LogP contribution is 2.33. The molecular formula is C19H22N2O3. The Bertz CT molecular complexity index is 709. The molecule has 0 saturated carbocycles. The summed E-state index contributed by atoms with van der Waals surface area (Å²) < 4.78 is 5.03. The van der Waals surface area contributed by atoms with Crippen molar-refractivity contribution in [3.63, 3.8) is 0 Å². The van der Waals surface area contributed by atoms with Crippen molar-refractivity contribution in [3.05, 3.63) is 59.5 Å². The summed E-state index contributed by atoms with van der Waals surface area (Å²) in [5.41, 5.74) is 2.44. The fraction of sp³-hybridized carbons (Fsp3) is 0.368. The molecule has 1 aliphatic heterocycles. The van der Waals surface area contributed by atoms with Crippen molar-refractivity contribution in [1.82, 2.24) is 10.2 Å². The minimum atomic E-state index is -0.287. The van der Waals surface area contributed by atoms with E-state index < -0.39 is 0 Å². The zero-order chi connectivity index (χ0) is 16.9. The van der Waals surface area contributed by atoms with E-state index in [1.165, 1.54) is 17.4 Å². The Hall–Kier alpha value is -2.56. The average molecular weight is 326 g/mol. The average Bonchev–Trinajstić information content (AvgIpc) is 3.27. The lowest BCUT2D eigenvalue weighted by Gasteiger charge is -2.26. The summed E-state index contributed by atoms with van der Waals surface area (Å²) in [6, 6.07) is 11.6. The molecule has 2 aromatic rings. The second-order valence-corrected chi connectivity index (χ2v) is 6.08. The van der Waals surface area contributed by atoms with E-state index in [0.717, 1.165) is 19.4 Å². The molecule has 24 heavy (non-hydrogen) atoms. The van der Waals surface area contributed by atoms with E-state index in [1.807, 2.05) is 17.0 Å². The molecular weight excluding hydrogens is 304 g/mol. The van der Waals surface area contributed by atoms with Gasteiger partial charge < -0.3 is 14.6 Å². The lowest BCUT2D eigenvalue weighted by Crippen LogP contribution is -2.34. The van der Waals surface area contributed by atoms with Crippen LogP contribution in [0, 0.1) is 6.92 Å². The predicted octanol–water partition coefficient (Wildman–Crippen LogP) is 3.07. The molecule has 126 valence electrons. The maximum Gasteiger partial charge on any atom is 0.286 e. The molecule has 1 atom stereocenters. The number of amides is 2. The van der Waals surface area contributed by atoms with Crippen molar-refractivity contribution in [1.29, 1.82) is 0 Å². The first kappa shape index (κ1) is 16.3. The Balaban J connectivity index is 1.56. The smallest absolute Gasteiger partial charge is 0.286 e. The number of nitrogens with zero attached hydrogens (tertiary/aromatic N) is 1. The fourth-order valence-electron chi connectivity index (χ4n) is 3.27. The van der Waals surface area contributed by atoms with Gasteiger partial charge in [-0.2, -0.15) is 0 Å². The van der Waals surface area contributed by atoms with Crippen molar-refractivity contribution >= 4 is 11.8 Å². The monoisotopic (exact) mass is 326 g/mol. The largest absolute Gasteiger partial charge is 0.459 e. The van der Waals surface area contributed by atoms with Gasteiger partial charge in [-0.1, -0.05) is 24.3 Å². The van der Waals surface area contributed by atoms with Crippen LogP contribution in [0.2, 0.25) is 0 Å². The zero-order valence-electron chi connectivity index (χ0n) is 13.8. The number of rotatable bonds is 5. The summed E-state index contributed by atoms with van der Waals surface area (Å²) in [6.07, 6.45) is 3.77. The molecule has 1 aliphatic rings. The van der Waals surface area contributed by atoms with Gasteiger partial charge >= 0.3 is 0 Å². The van der Waals surface area contributed by atoms with Crippen LogP contribution in [-0.4, -0.2) is 29.8 Å². The molecule has 5 heteroatoms. The van der Waals surface area contributed by atoms with Crippen molar-refractivity contribution in [2.75, 3.05) is 13.1 Å². The molecule has 1 N–H and O–H groups in total. The number of furan rings is 1. The van der Waals surface area contributed by atoms with Crippen LogP contribution in [0.5, 0.6) is 0 Å². The molecule has 1 fully saturated rings. The number of carbonyl (C=O) groups excluding carboxylic acids is 2. The normalized spacial score (nSPS) is 17.0. The summed E-state index contributed by atoms with van der Waals surface area (Å²) in [4.78, 5) is 26.3. The van der Waals surface area contributed by atoms with Crippen molar-refractivity contribution in [3.8, 4) is 0 Å². The van der Waals surface area contributed by atoms with E-state index in [9.17, 15) is 9.59 Å².